The maximum atomic E-state index is 4.90. The molecule has 0 spiro atoms. The van der Waals surface area contributed by atoms with Gasteiger partial charge in [0.1, 0.15) is 4.64 Å². The van der Waals surface area contributed by atoms with Crippen molar-refractivity contribution in [2.45, 2.75) is 0 Å². The first-order chi connectivity index (χ1) is 8.25. The van der Waals surface area contributed by atoms with Crippen molar-refractivity contribution in [1.29, 1.82) is 0 Å². The van der Waals surface area contributed by atoms with E-state index in [1.165, 1.54) is 0 Å². The Hall–Kier alpha value is -1.86. The minimum Gasteiger partial charge on any atom is -0.331 e. The molecule has 3 rings (SSSR count). The van der Waals surface area contributed by atoms with Gasteiger partial charge in [0.2, 0.25) is 0 Å². The van der Waals surface area contributed by atoms with Gasteiger partial charge in [0.05, 0.1) is 17.2 Å². The Balaban J connectivity index is 0.000000136. The number of H-pyrrole nitrogens is 3. The van der Waals surface area contributed by atoms with E-state index < -0.39 is 0 Å². The molecule has 0 bridgehead atoms. The zero-order chi connectivity index (χ0) is 12.1. The molecule has 3 aromatic rings. The van der Waals surface area contributed by atoms with Crippen LogP contribution in [0.4, 0.5) is 0 Å². The lowest BCUT2D eigenvalue weighted by atomic mass is 10.3. The standard InChI is InChI=1S/C7H6N2S.C3H3N3S/c10-7-8-5-3-1-2-4-6(5)9-7;7-3-1-2-4-6-5-3/h1-4H,(H2,8,9,10);1-2H,(H,4,5,7). The summed E-state index contributed by atoms with van der Waals surface area (Å²) in [6, 6.07) is 9.59. The average Bonchev–Trinajstić information content (AvgIpc) is 2.71. The smallest absolute Gasteiger partial charge is 0.175 e. The summed E-state index contributed by atoms with van der Waals surface area (Å²) in [6.07, 6.45) is 1.54. The molecular formula is C10H9N5S2. The fourth-order valence-corrected chi connectivity index (χ4v) is 1.55. The zero-order valence-corrected chi connectivity index (χ0v) is 10.3. The fraction of sp³-hybridized carbons (Fsp3) is 0. The molecule has 7 heteroatoms. The molecule has 3 N–H and O–H groups in total. The van der Waals surface area contributed by atoms with Gasteiger partial charge in [-0.25, -0.2) is 5.10 Å². The summed E-state index contributed by atoms with van der Waals surface area (Å²) in [6.45, 7) is 0. The zero-order valence-electron chi connectivity index (χ0n) is 8.68. The van der Waals surface area contributed by atoms with E-state index in [9.17, 15) is 0 Å². The van der Waals surface area contributed by atoms with Crippen LogP contribution in [-0.4, -0.2) is 25.4 Å². The van der Waals surface area contributed by atoms with E-state index in [1.807, 2.05) is 24.3 Å². The molecule has 0 aliphatic heterocycles. The first-order valence-corrected chi connectivity index (χ1v) is 5.61. The molecule has 2 aromatic heterocycles. The second-order valence-electron chi connectivity index (χ2n) is 3.13. The normalized spacial score (nSPS) is 9.65. The number of rotatable bonds is 0. The summed E-state index contributed by atoms with van der Waals surface area (Å²) in [5.41, 5.74) is 2.13. The van der Waals surface area contributed by atoms with E-state index in [0.29, 0.717) is 9.41 Å². The predicted octanol–water partition coefficient (Wildman–Crippen LogP) is 2.76. The number of hydrogen-bond acceptors (Lipinski definition) is 4. The van der Waals surface area contributed by atoms with Crippen LogP contribution in [0.3, 0.4) is 0 Å². The molecule has 17 heavy (non-hydrogen) atoms. The third-order valence-corrected chi connectivity index (χ3v) is 2.37. The van der Waals surface area contributed by atoms with Crippen molar-refractivity contribution in [2.24, 2.45) is 0 Å². The Kier molecular flexibility index (Phi) is 3.73. The van der Waals surface area contributed by atoms with Gasteiger partial charge in [-0.3, -0.25) is 0 Å². The van der Waals surface area contributed by atoms with Crippen molar-refractivity contribution in [2.75, 3.05) is 0 Å². The number of imidazole rings is 1. The molecule has 0 fully saturated rings. The van der Waals surface area contributed by atoms with Crippen LogP contribution in [-0.2, 0) is 0 Å². The monoisotopic (exact) mass is 263 g/mol. The summed E-state index contributed by atoms with van der Waals surface area (Å²) < 4.78 is 1.29. The molecule has 0 saturated heterocycles. The van der Waals surface area contributed by atoms with Gasteiger partial charge in [0, 0.05) is 0 Å². The first kappa shape index (κ1) is 11.6. The third-order valence-electron chi connectivity index (χ3n) is 1.93. The SMILES string of the molecule is S=c1[nH]c2ccccc2[nH]1.S=c1ccnn[nH]1. The quantitative estimate of drug-likeness (QED) is 0.545. The highest BCUT2D eigenvalue weighted by molar-refractivity contribution is 7.71. The van der Waals surface area contributed by atoms with E-state index in [0.717, 1.165) is 11.0 Å². The van der Waals surface area contributed by atoms with Crippen LogP contribution in [0.5, 0.6) is 0 Å². The van der Waals surface area contributed by atoms with Crippen LogP contribution in [0.2, 0.25) is 0 Å². The van der Waals surface area contributed by atoms with E-state index in [-0.39, 0.29) is 0 Å². The predicted molar refractivity (Wildman–Crippen MR) is 70.7 cm³/mol. The summed E-state index contributed by atoms with van der Waals surface area (Å²) in [7, 11) is 0. The van der Waals surface area contributed by atoms with Crippen molar-refractivity contribution in [3.63, 3.8) is 0 Å². The maximum Gasteiger partial charge on any atom is 0.175 e. The molecule has 0 amide bonds. The molecule has 0 aliphatic rings. The maximum absolute atomic E-state index is 4.90. The van der Waals surface area contributed by atoms with Crippen LogP contribution in [0.1, 0.15) is 0 Å². The molecule has 86 valence electrons. The molecule has 1 aromatic carbocycles. The van der Waals surface area contributed by atoms with E-state index >= 15 is 0 Å². The highest BCUT2D eigenvalue weighted by Crippen LogP contribution is 2.06. The second-order valence-corrected chi connectivity index (χ2v) is 3.98. The van der Waals surface area contributed by atoms with E-state index in [4.69, 9.17) is 12.2 Å². The van der Waals surface area contributed by atoms with Crippen LogP contribution in [0, 0.1) is 9.41 Å². The highest BCUT2D eigenvalue weighted by Gasteiger charge is 1.90. The lowest BCUT2D eigenvalue weighted by Crippen LogP contribution is -1.81. The molecule has 2 heterocycles. The largest absolute Gasteiger partial charge is 0.331 e. The average molecular weight is 263 g/mol. The van der Waals surface area contributed by atoms with Crippen LogP contribution in [0.25, 0.3) is 11.0 Å². The van der Waals surface area contributed by atoms with Gasteiger partial charge in [-0.05, 0) is 30.4 Å². The lowest BCUT2D eigenvalue weighted by molar-refractivity contribution is 0.856. The first-order valence-electron chi connectivity index (χ1n) is 4.79. The number of aromatic amines is 3. The molecule has 0 saturated carbocycles. The number of para-hydroxylation sites is 2. The Morgan fingerprint density at radius 3 is 2.00 bits per heavy atom. The topological polar surface area (TPSA) is 73.2 Å². The van der Waals surface area contributed by atoms with Crippen molar-refractivity contribution < 1.29 is 0 Å². The van der Waals surface area contributed by atoms with Crippen molar-refractivity contribution in [3.05, 3.63) is 45.9 Å². The number of aromatic nitrogens is 5. The fourth-order valence-electron chi connectivity index (χ4n) is 1.23. The Labute approximate surface area is 107 Å². The van der Waals surface area contributed by atoms with Gasteiger partial charge in [-0.15, -0.1) is 5.10 Å². The van der Waals surface area contributed by atoms with Crippen LogP contribution >= 0.6 is 24.4 Å². The molecule has 0 atom stereocenters. The summed E-state index contributed by atoms with van der Waals surface area (Å²) in [5, 5.41) is 9.36. The van der Waals surface area contributed by atoms with E-state index in [1.54, 1.807) is 12.3 Å². The van der Waals surface area contributed by atoms with E-state index in [2.05, 4.69) is 37.6 Å². The summed E-state index contributed by atoms with van der Waals surface area (Å²) in [4.78, 5) is 6.04. The number of nitrogens with one attached hydrogen (secondary N) is 3. The Morgan fingerprint density at radius 1 is 0.941 bits per heavy atom. The summed E-state index contributed by atoms with van der Waals surface area (Å²) >= 11 is 9.56. The van der Waals surface area contributed by atoms with Gasteiger partial charge in [-0.2, -0.15) is 0 Å². The molecule has 0 radical (unpaired) electrons. The second kappa shape index (κ2) is 5.46. The van der Waals surface area contributed by atoms with Gasteiger partial charge < -0.3 is 9.97 Å². The van der Waals surface area contributed by atoms with Gasteiger partial charge in [0.25, 0.3) is 0 Å². The van der Waals surface area contributed by atoms with Gasteiger partial charge in [-0.1, -0.05) is 29.6 Å². The minimum absolute atomic E-state index is 0.606. The molecule has 0 aliphatic carbocycles. The third kappa shape index (κ3) is 3.30. The number of benzene rings is 1. The van der Waals surface area contributed by atoms with Crippen molar-refractivity contribution in [1.82, 2.24) is 25.4 Å². The van der Waals surface area contributed by atoms with Crippen molar-refractivity contribution in [3.8, 4) is 0 Å². The number of fused-ring (bicyclic) bond motifs is 1. The highest BCUT2D eigenvalue weighted by atomic mass is 32.1. The van der Waals surface area contributed by atoms with Crippen LogP contribution < -0.4 is 0 Å². The lowest BCUT2D eigenvalue weighted by Gasteiger charge is -1.82. The van der Waals surface area contributed by atoms with Gasteiger partial charge >= 0.3 is 0 Å². The van der Waals surface area contributed by atoms with Gasteiger partial charge in [0.15, 0.2) is 4.77 Å². The molecule has 0 unspecified atom stereocenters. The Morgan fingerprint density at radius 2 is 1.59 bits per heavy atom. The summed E-state index contributed by atoms with van der Waals surface area (Å²) in [5.74, 6) is 0. The number of nitrogens with zero attached hydrogens (tertiary/aromatic N) is 2. The molecule has 5 nitrogen and oxygen atoms in total. The van der Waals surface area contributed by atoms with Crippen LogP contribution in [0.15, 0.2) is 36.5 Å². The minimum atomic E-state index is 0.606. The van der Waals surface area contributed by atoms with Crippen molar-refractivity contribution >= 4 is 35.5 Å². The number of hydrogen-bond donors (Lipinski definition) is 3. The molecular weight excluding hydrogens is 254 g/mol. The Bertz CT molecular complexity index is 658.